The Kier molecular flexibility index (Phi) is 7.60. The maximum absolute atomic E-state index is 13.0. The van der Waals surface area contributed by atoms with E-state index in [0.717, 1.165) is 44.2 Å². The summed E-state index contributed by atoms with van der Waals surface area (Å²) in [6.45, 7) is 3.75. The lowest BCUT2D eigenvalue weighted by atomic mass is 9.98. The van der Waals surface area contributed by atoms with Crippen LogP contribution in [-0.2, 0) is 21.4 Å². The van der Waals surface area contributed by atoms with E-state index in [-0.39, 0.29) is 10.8 Å². The highest BCUT2D eigenvalue weighted by molar-refractivity contribution is 7.89. The maximum Gasteiger partial charge on any atom is 0.253 e. The van der Waals surface area contributed by atoms with Gasteiger partial charge in [0.05, 0.1) is 18.1 Å². The first-order valence-corrected chi connectivity index (χ1v) is 13.0. The second-order valence-electron chi connectivity index (χ2n) is 8.75. The molecule has 2 aromatic rings. The molecule has 2 heterocycles. The molecule has 1 atom stereocenters. The maximum atomic E-state index is 13.0. The Labute approximate surface area is 191 Å². The molecule has 32 heavy (non-hydrogen) atoms. The van der Waals surface area contributed by atoms with E-state index in [1.807, 2.05) is 35.2 Å². The summed E-state index contributed by atoms with van der Waals surface area (Å²) in [7, 11) is -3.48. The number of benzene rings is 2. The number of piperidine rings is 2. The number of carbonyl (C=O) groups excluding carboxylic acids is 1. The Morgan fingerprint density at radius 1 is 0.906 bits per heavy atom. The number of likely N-dealkylation sites (tertiary alicyclic amines) is 1. The number of hydrogen-bond acceptors (Lipinski definition) is 4. The second kappa shape index (κ2) is 10.6. The van der Waals surface area contributed by atoms with E-state index >= 15 is 0 Å². The predicted molar refractivity (Wildman–Crippen MR) is 124 cm³/mol. The minimum Gasteiger partial charge on any atom is -0.376 e. The van der Waals surface area contributed by atoms with Crippen LogP contribution in [0, 0.1) is 5.92 Å². The summed E-state index contributed by atoms with van der Waals surface area (Å²) in [5, 5.41) is 0. The highest BCUT2D eigenvalue weighted by Gasteiger charge is 2.27. The van der Waals surface area contributed by atoms with Crippen molar-refractivity contribution in [2.75, 3.05) is 32.8 Å². The molecule has 2 aliphatic heterocycles. The van der Waals surface area contributed by atoms with Crippen LogP contribution in [0.25, 0.3) is 0 Å². The molecule has 2 aromatic carbocycles. The van der Waals surface area contributed by atoms with E-state index in [0.29, 0.717) is 44.3 Å². The number of amides is 1. The number of ether oxygens (including phenoxy) is 1. The molecule has 4 rings (SSSR count). The predicted octanol–water partition coefficient (Wildman–Crippen LogP) is 3.93. The largest absolute Gasteiger partial charge is 0.376 e. The van der Waals surface area contributed by atoms with Gasteiger partial charge in [-0.15, -0.1) is 0 Å². The molecule has 0 spiro atoms. The Hall–Kier alpha value is -2.22. The lowest BCUT2D eigenvalue weighted by Crippen LogP contribution is -2.41. The van der Waals surface area contributed by atoms with E-state index in [9.17, 15) is 13.2 Å². The van der Waals surface area contributed by atoms with Crippen molar-refractivity contribution >= 4 is 15.9 Å². The van der Waals surface area contributed by atoms with Crippen molar-refractivity contribution < 1.29 is 17.9 Å². The fourth-order valence-corrected chi connectivity index (χ4v) is 6.03. The van der Waals surface area contributed by atoms with Crippen LogP contribution in [0.4, 0.5) is 0 Å². The van der Waals surface area contributed by atoms with Gasteiger partial charge in [-0.3, -0.25) is 4.79 Å². The lowest BCUT2D eigenvalue weighted by molar-refractivity contribution is 0.0425. The normalized spacial score (nSPS) is 20.2. The van der Waals surface area contributed by atoms with Crippen LogP contribution >= 0.6 is 0 Å². The zero-order valence-corrected chi connectivity index (χ0v) is 19.3. The molecule has 7 heteroatoms. The van der Waals surface area contributed by atoms with Crippen molar-refractivity contribution in [1.82, 2.24) is 9.21 Å². The van der Waals surface area contributed by atoms with E-state index in [1.54, 1.807) is 28.6 Å². The topological polar surface area (TPSA) is 66.9 Å². The number of nitrogens with zero attached hydrogens (tertiary/aromatic N) is 2. The molecule has 0 bridgehead atoms. The van der Waals surface area contributed by atoms with Crippen LogP contribution < -0.4 is 0 Å². The van der Waals surface area contributed by atoms with E-state index < -0.39 is 10.0 Å². The molecular weight excluding hydrogens is 424 g/mol. The Balaban J connectivity index is 1.33. The molecule has 2 saturated heterocycles. The third-order valence-electron chi connectivity index (χ3n) is 6.33. The third-order valence-corrected chi connectivity index (χ3v) is 8.24. The summed E-state index contributed by atoms with van der Waals surface area (Å²) in [4.78, 5) is 15.2. The molecule has 0 aliphatic carbocycles. The Morgan fingerprint density at radius 2 is 1.62 bits per heavy atom. The molecule has 6 nitrogen and oxygen atoms in total. The van der Waals surface area contributed by atoms with Crippen LogP contribution in [0.1, 0.15) is 48.0 Å². The number of carbonyl (C=O) groups is 1. The highest BCUT2D eigenvalue weighted by atomic mass is 32.2. The smallest absolute Gasteiger partial charge is 0.253 e. The first-order chi connectivity index (χ1) is 15.5. The second-order valence-corrected chi connectivity index (χ2v) is 10.7. The third kappa shape index (κ3) is 5.57. The average Bonchev–Trinajstić information content (AvgIpc) is 2.85. The standard InChI is InChI=1S/C25H32N2O4S/c28-25(23-11-13-24(14-12-23)32(29,30)27-16-5-2-6-17-27)26-15-7-10-22(18-26)20-31-19-21-8-3-1-4-9-21/h1,3-4,8-9,11-14,22H,2,5-7,10,15-20H2. The average molecular weight is 457 g/mol. The van der Waals surface area contributed by atoms with Gasteiger partial charge in [0.2, 0.25) is 10.0 Å². The molecule has 1 amide bonds. The van der Waals surface area contributed by atoms with Gasteiger partial charge in [-0.25, -0.2) is 8.42 Å². The van der Waals surface area contributed by atoms with Gasteiger partial charge in [0.15, 0.2) is 0 Å². The van der Waals surface area contributed by atoms with E-state index in [1.165, 1.54) is 0 Å². The summed E-state index contributed by atoms with van der Waals surface area (Å²) in [6, 6.07) is 16.5. The van der Waals surface area contributed by atoms with Gasteiger partial charge in [0.1, 0.15) is 0 Å². The fraction of sp³-hybridized carbons (Fsp3) is 0.480. The molecular formula is C25H32N2O4S. The lowest BCUT2D eigenvalue weighted by Gasteiger charge is -2.32. The van der Waals surface area contributed by atoms with E-state index in [2.05, 4.69) is 0 Å². The van der Waals surface area contributed by atoms with Crippen molar-refractivity contribution in [3.05, 3.63) is 65.7 Å². The van der Waals surface area contributed by atoms with Crippen molar-refractivity contribution in [3.8, 4) is 0 Å². The molecule has 2 fully saturated rings. The summed E-state index contributed by atoms with van der Waals surface area (Å²) in [5.41, 5.74) is 1.68. The monoisotopic (exact) mass is 456 g/mol. The van der Waals surface area contributed by atoms with E-state index in [4.69, 9.17) is 4.74 Å². The highest BCUT2D eigenvalue weighted by Crippen LogP contribution is 2.23. The number of hydrogen-bond donors (Lipinski definition) is 0. The van der Waals surface area contributed by atoms with Crippen LogP contribution in [0.2, 0.25) is 0 Å². The zero-order valence-electron chi connectivity index (χ0n) is 18.5. The summed E-state index contributed by atoms with van der Waals surface area (Å²) in [6.07, 6.45) is 4.88. The number of rotatable bonds is 7. The molecule has 2 aliphatic rings. The van der Waals surface area contributed by atoms with Crippen molar-refractivity contribution in [1.29, 1.82) is 0 Å². The Bertz CT molecular complexity index is 986. The summed E-state index contributed by atoms with van der Waals surface area (Å²) < 4.78 is 33.1. The first-order valence-electron chi connectivity index (χ1n) is 11.6. The SMILES string of the molecule is O=C(c1ccc(S(=O)(=O)N2CCCCC2)cc1)N1CCCC(COCc2ccccc2)C1. The first kappa shape index (κ1) is 23.0. The quantitative estimate of drug-likeness (QED) is 0.633. The van der Waals surface area contributed by atoms with Gasteiger partial charge >= 0.3 is 0 Å². The Morgan fingerprint density at radius 3 is 2.34 bits per heavy atom. The van der Waals surface area contributed by atoms with Gasteiger partial charge in [-0.05, 0) is 61.4 Å². The fourth-order valence-electron chi connectivity index (χ4n) is 4.51. The molecule has 0 radical (unpaired) electrons. The van der Waals surface area contributed by atoms with Gasteiger partial charge < -0.3 is 9.64 Å². The van der Waals surface area contributed by atoms with Crippen molar-refractivity contribution in [3.63, 3.8) is 0 Å². The van der Waals surface area contributed by atoms with Crippen molar-refractivity contribution in [2.45, 2.75) is 43.6 Å². The summed E-state index contributed by atoms with van der Waals surface area (Å²) >= 11 is 0. The van der Waals surface area contributed by atoms with Crippen LogP contribution in [0.15, 0.2) is 59.5 Å². The van der Waals surface area contributed by atoms with Crippen LogP contribution in [-0.4, -0.2) is 56.3 Å². The number of sulfonamides is 1. The van der Waals surface area contributed by atoms with Crippen LogP contribution in [0.5, 0.6) is 0 Å². The molecule has 0 saturated carbocycles. The molecule has 1 unspecified atom stereocenters. The molecule has 172 valence electrons. The summed E-state index contributed by atoms with van der Waals surface area (Å²) in [5.74, 6) is 0.273. The van der Waals surface area contributed by atoms with Gasteiger partial charge in [-0.1, -0.05) is 36.8 Å². The van der Waals surface area contributed by atoms with Gasteiger partial charge in [0, 0.05) is 31.7 Å². The van der Waals surface area contributed by atoms with Gasteiger partial charge in [0.25, 0.3) is 5.91 Å². The van der Waals surface area contributed by atoms with Crippen molar-refractivity contribution in [2.24, 2.45) is 5.92 Å². The van der Waals surface area contributed by atoms with Crippen LogP contribution in [0.3, 0.4) is 0 Å². The zero-order chi connectivity index (χ0) is 22.4. The molecule has 0 N–H and O–H groups in total. The minimum atomic E-state index is -3.48. The molecule has 0 aromatic heterocycles. The van der Waals surface area contributed by atoms with Gasteiger partial charge in [-0.2, -0.15) is 4.31 Å². The minimum absolute atomic E-state index is 0.0420.